The van der Waals surface area contributed by atoms with E-state index in [2.05, 4.69) is 0 Å². The second kappa shape index (κ2) is 4.53. The molecule has 1 nitrogen and oxygen atoms in total. The Hall–Kier alpha value is -0.465. The summed E-state index contributed by atoms with van der Waals surface area (Å²) in [5, 5.41) is 9.49. The molecule has 0 amide bonds. The summed E-state index contributed by atoms with van der Waals surface area (Å²) in [6, 6.07) is 7.17. The number of hydrogen-bond acceptors (Lipinski definition) is 1. The fraction of sp³-hybridized carbons (Fsp3) is 0.333. The summed E-state index contributed by atoms with van der Waals surface area (Å²) in [4.78, 5) is 0. The predicted octanol–water partition coefficient (Wildman–Crippen LogP) is 1.14. The first-order valence-electron chi connectivity index (χ1n) is 3.83. The maximum atomic E-state index is 9.49. The zero-order valence-corrected chi connectivity index (χ0v) is 7.46. The number of halogens is 1. The van der Waals surface area contributed by atoms with E-state index in [9.17, 15) is 5.11 Å². The largest absolute Gasteiger partial charge is 0.388 e. The van der Waals surface area contributed by atoms with Crippen molar-refractivity contribution in [3.8, 4) is 0 Å². The molecule has 3 heteroatoms. The Morgan fingerprint density at radius 3 is 2.42 bits per heavy atom. The van der Waals surface area contributed by atoms with Crippen molar-refractivity contribution in [3.63, 3.8) is 0 Å². The molecule has 0 saturated carbocycles. The zero-order chi connectivity index (χ0) is 8.97. The van der Waals surface area contributed by atoms with Gasteiger partial charge in [0, 0.05) is 5.88 Å². The van der Waals surface area contributed by atoms with E-state index < -0.39 is 6.10 Å². The summed E-state index contributed by atoms with van der Waals surface area (Å²) in [5.74, 6) is 0.464. The van der Waals surface area contributed by atoms with Gasteiger partial charge >= 0.3 is 0 Å². The van der Waals surface area contributed by atoms with E-state index in [4.69, 9.17) is 19.4 Å². The van der Waals surface area contributed by atoms with Gasteiger partial charge in [-0.05, 0) is 12.0 Å². The van der Waals surface area contributed by atoms with E-state index in [1.807, 2.05) is 12.1 Å². The number of hydrogen-bond donors (Lipinski definition) is 1. The molecular weight excluding hydrogens is 170 g/mol. The molecule has 2 radical (unpaired) electrons. The van der Waals surface area contributed by atoms with Crippen molar-refractivity contribution in [2.24, 2.45) is 0 Å². The van der Waals surface area contributed by atoms with Crippen LogP contribution in [-0.2, 0) is 0 Å². The molecule has 0 heterocycles. The van der Waals surface area contributed by atoms with E-state index in [1.165, 1.54) is 0 Å². The number of aliphatic hydroxyl groups excluding tert-OH is 1. The third kappa shape index (κ3) is 2.54. The zero-order valence-electron chi connectivity index (χ0n) is 6.70. The van der Waals surface area contributed by atoms with Gasteiger partial charge in [0.25, 0.3) is 0 Å². The average Bonchev–Trinajstić information content (AvgIpc) is 2.06. The summed E-state index contributed by atoms with van der Waals surface area (Å²) in [6.45, 7) is 0. The third-order valence-electron chi connectivity index (χ3n) is 1.70. The third-order valence-corrected chi connectivity index (χ3v) is 1.92. The van der Waals surface area contributed by atoms with Crippen LogP contribution in [-0.4, -0.2) is 18.8 Å². The van der Waals surface area contributed by atoms with Gasteiger partial charge in [-0.3, -0.25) is 0 Å². The fourth-order valence-corrected chi connectivity index (χ4v) is 1.19. The first-order chi connectivity index (χ1) is 5.74. The molecular formula is C9H10BClO. The van der Waals surface area contributed by atoms with Crippen molar-refractivity contribution in [2.75, 3.05) is 5.88 Å². The predicted molar refractivity (Wildman–Crippen MR) is 52.1 cm³/mol. The van der Waals surface area contributed by atoms with Crippen LogP contribution in [0.25, 0.3) is 0 Å². The lowest BCUT2D eigenvalue weighted by Gasteiger charge is -2.08. The van der Waals surface area contributed by atoms with Crippen LogP contribution in [0, 0.1) is 0 Å². The first kappa shape index (κ1) is 9.62. The van der Waals surface area contributed by atoms with Crippen LogP contribution in [0.5, 0.6) is 0 Å². The summed E-state index contributed by atoms with van der Waals surface area (Å²) < 4.78 is 0. The molecule has 0 fully saturated rings. The van der Waals surface area contributed by atoms with E-state index in [1.54, 1.807) is 12.1 Å². The fourth-order valence-electron chi connectivity index (χ4n) is 0.988. The summed E-state index contributed by atoms with van der Waals surface area (Å²) in [7, 11) is 5.49. The van der Waals surface area contributed by atoms with Gasteiger partial charge in [-0.15, -0.1) is 11.6 Å². The number of aliphatic hydroxyl groups is 1. The highest BCUT2D eigenvalue weighted by Gasteiger charge is 2.04. The summed E-state index contributed by atoms with van der Waals surface area (Å²) >= 11 is 5.49. The molecule has 1 N–H and O–H groups in total. The minimum absolute atomic E-state index is 0.464. The minimum atomic E-state index is -0.469. The van der Waals surface area contributed by atoms with E-state index >= 15 is 0 Å². The van der Waals surface area contributed by atoms with Crippen molar-refractivity contribution >= 4 is 24.9 Å². The van der Waals surface area contributed by atoms with Crippen LogP contribution >= 0.6 is 11.6 Å². The van der Waals surface area contributed by atoms with Gasteiger partial charge < -0.3 is 5.11 Å². The second-order valence-corrected chi connectivity index (χ2v) is 3.04. The first-order valence-corrected chi connectivity index (χ1v) is 4.37. The van der Waals surface area contributed by atoms with Crippen molar-refractivity contribution < 1.29 is 5.11 Å². The molecule has 0 aliphatic carbocycles. The van der Waals surface area contributed by atoms with Crippen LogP contribution in [0.1, 0.15) is 18.1 Å². The van der Waals surface area contributed by atoms with E-state index in [0.717, 1.165) is 5.56 Å². The van der Waals surface area contributed by atoms with E-state index in [-0.39, 0.29) is 0 Å². The number of benzene rings is 1. The SMILES string of the molecule is [B]c1ccc(C(O)CCCl)cc1. The van der Waals surface area contributed by atoms with Crippen LogP contribution in [0.15, 0.2) is 24.3 Å². The molecule has 62 valence electrons. The highest BCUT2D eigenvalue weighted by Crippen LogP contribution is 2.15. The van der Waals surface area contributed by atoms with Crippen LogP contribution < -0.4 is 5.46 Å². The Morgan fingerprint density at radius 1 is 1.33 bits per heavy atom. The smallest absolute Gasteiger partial charge is 0.113 e. The molecule has 1 atom stereocenters. The van der Waals surface area contributed by atoms with Gasteiger partial charge in [0.05, 0.1) is 6.10 Å². The number of alkyl halides is 1. The number of rotatable bonds is 3. The average molecular weight is 180 g/mol. The molecule has 0 spiro atoms. The monoisotopic (exact) mass is 180 g/mol. The van der Waals surface area contributed by atoms with Crippen molar-refractivity contribution in [1.29, 1.82) is 0 Å². The molecule has 1 unspecified atom stereocenters. The molecule has 1 aromatic rings. The normalized spacial score (nSPS) is 12.8. The summed E-state index contributed by atoms with van der Waals surface area (Å²) in [6.07, 6.45) is 0.106. The minimum Gasteiger partial charge on any atom is -0.388 e. The highest BCUT2D eigenvalue weighted by atomic mass is 35.5. The van der Waals surface area contributed by atoms with Gasteiger partial charge in [0.2, 0.25) is 0 Å². The molecule has 12 heavy (non-hydrogen) atoms. The Bertz CT molecular complexity index is 235. The van der Waals surface area contributed by atoms with Gasteiger partial charge in [0.1, 0.15) is 7.85 Å². The topological polar surface area (TPSA) is 20.2 Å². The Balaban J connectivity index is 2.68. The van der Waals surface area contributed by atoms with Crippen molar-refractivity contribution in [1.82, 2.24) is 0 Å². The Kier molecular flexibility index (Phi) is 3.64. The van der Waals surface area contributed by atoms with Crippen LogP contribution in [0.3, 0.4) is 0 Å². The molecule has 0 aliphatic rings. The molecule has 0 bridgehead atoms. The molecule has 0 saturated heterocycles. The lowest BCUT2D eigenvalue weighted by atomic mass is 9.94. The van der Waals surface area contributed by atoms with Gasteiger partial charge in [-0.1, -0.05) is 29.7 Å². The van der Waals surface area contributed by atoms with Crippen molar-refractivity contribution in [2.45, 2.75) is 12.5 Å². The standard InChI is InChI=1S/C9H10BClO/c10-8-3-1-7(2-4-8)9(12)5-6-11/h1-4,9,12H,5-6H2. The molecule has 1 aromatic carbocycles. The van der Waals surface area contributed by atoms with Gasteiger partial charge in [-0.2, -0.15) is 0 Å². The van der Waals surface area contributed by atoms with Crippen LogP contribution in [0.4, 0.5) is 0 Å². The summed E-state index contributed by atoms with van der Waals surface area (Å²) in [5.41, 5.74) is 1.57. The lowest BCUT2D eigenvalue weighted by Crippen LogP contribution is -2.04. The maximum absolute atomic E-state index is 9.49. The second-order valence-electron chi connectivity index (χ2n) is 2.66. The van der Waals surface area contributed by atoms with Gasteiger partial charge in [-0.25, -0.2) is 0 Å². The molecule has 1 rings (SSSR count). The van der Waals surface area contributed by atoms with Crippen LogP contribution in [0.2, 0.25) is 0 Å². The lowest BCUT2D eigenvalue weighted by molar-refractivity contribution is 0.174. The molecule has 0 aliphatic heterocycles. The van der Waals surface area contributed by atoms with E-state index in [0.29, 0.717) is 17.8 Å². The quantitative estimate of drug-likeness (QED) is 0.546. The Labute approximate surface area is 78.8 Å². The highest BCUT2D eigenvalue weighted by molar-refractivity contribution is 6.32. The van der Waals surface area contributed by atoms with Crippen molar-refractivity contribution in [3.05, 3.63) is 29.8 Å². The molecule has 0 aromatic heterocycles. The maximum Gasteiger partial charge on any atom is 0.113 e. The Morgan fingerprint density at radius 2 is 1.92 bits per heavy atom. The van der Waals surface area contributed by atoms with Gasteiger partial charge in [0.15, 0.2) is 0 Å².